The molecule has 8 heteroatoms. The fraction of sp³-hybridized carbons (Fsp3) is 0.348. The van der Waals surface area contributed by atoms with E-state index >= 15 is 0 Å². The van der Waals surface area contributed by atoms with Gasteiger partial charge in [-0.15, -0.1) is 0 Å². The smallest absolute Gasteiger partial charge is 0.325 e. The third kappa shape index (κ3) is 3.69. The van der Waals surface area contributed by atoms with Crippen molar-refractivity contribution in [1.82, 2.24) is 10.2 Å². The SMILES string of the molecule is COc1ccc(NC(=O)CN2C(=O)N[C@@](C)(c3ccc4c(c3)CCC4)C2=O)c(OC)c1. The van der Waals surface area contributed by atoms with Crippen molar-refractivity contribution < 1.29 is 23.9 Å². The van der Waals surface area contributed by atoms with Crippen LogP contribution in [0, 0.1) is 0 Å². The van der Waals surface area contributed by atoms with Crippen LogP contribution in [0.25, 0.3) is 0 Å². The van der Waals surface area contributed by atoms with Gasteiger partial charge < -0.3 is 20.1 Å². The molecule has 0 saturated carbocycles. The first-order valence-corrected chi connectivity index (χ1v) is 10.1. The molecule has 1 aliphatic carbocycles. The highest BCUT2D eigenvalue weighted by Crippen LogP contribution is 2.33. The molecule has 2 aromatic carbocycles. The van der Waals surface area contributed by atoms with Crippen molar-refractivity contribution in [3.05, 3.63) is 53.1 Å². The molecule has 0 radical (unpaired) electrons. The van der Waals surface area contributed by atoms with E-state index in [0.717, 1.165) is 29.7 Å². The summed E-state index contributed by atoms with van der Waals surface area (Å²) < 4.78 is 10.4. The first kappa shape index (κ1) is 20.7. The average Bonchev–Trinajstić information content (AvgIpc) is 3.32. The van der Waals surface area contributed by atoms with Crippen LogP contribution in [0.2, 0.25) is 0 Å². The number of amides is 4. The number of urea groups is 1. The third-order valence-corrected chi connectivity index (χ3v) is 5.94. The summed E-state index contributed by atoms with van der Waals surface area (Å²) >= 11 is 0. The van der Waals surface area contributed by atoms with Crippen LogP contribution in [0.5, 0.6) is 11.5 Å². The molecule has 2 aromatic rings. The predicted octanol–water partition coefficient (Wildman–Crippen LogP) is 2.60. The summed E-state index contributed by atoms with van der Waals surface area (Å²) in [5.74, 6) is 0.0272. The Labute approximate surface area is 180 Å². The number of methoxy groups -OCH3 is 2. The molecule has 2 aliphatic rings. The average molecular weight is 423 g/mol. The fourth-order valence-electron chi connectivity index (χ4n) is 4.15. The summed E-state index contributed by atoms with van der Waals surface area (Å²) in [4.78, 5) is 39.3. The van der Waals surface area contributed by atoms with Gasteiger partial charge in [0.25, 0.3) is 5.91 Å². The molecule has 0 unspecified atom stereocenters. The van der Waals surface area contributed by atoms with Crippen molar-refractivity contribution >= 4 is 23.5 Å². The van der Waals surface area contributed by atoms with E-state index in [2.05, 4.69) is 10.6 Å². The molecule has 31 heavy (non-hydrogen) atoms. The lowest BCUT2D eigenvalue weighted by Gasteiger charge is -2.23. The number of ether oxygens (including phenoxy) is 2. The first-order valence-electron chi connectivity index (χ1n) is 10.1. The van der Waals surface area contributed by atoms with E-state index in [1.165, 1.54) is 25.3 Å². The number of hydrogen-bond acceptors (Lipinski definition) is 5. The molecule has 1 fully saturated rings. The Balaban J connectivity index is 1.50. The van der Waals surface area contributed by atoms with Crippen LogP contribution in [0.1, 0.15) is 30.0 Å². The van der Waals surface area contributed by atoms with Gasteiger partial charge in [-0.1, -0.05) is 18.2 Å². The number of rotatable bonds is 6. The number of hydrogen-bond donors (Lipinski definition) is 2. The Morgan fingerprint density at radius 1 is 1.10 bits per heavy atom. The van der Waals surface area contributed by atoms with Crippen LogP contribution >= 0.6 is 0 Å². The van der Waals surface area contributed by atoms with Gasteiger partial charge in [-0.05, 0) is 55.0 Å². The molecule has 4 amide bonds. The quantitative estimate of drug-likeness (QED) is 0.696. The van der Waals surface area contributed by atoms with Gasteiger partial charge in [0.05, 0.1) is 19.9 Å². The topological polar surface area (TPSA) is 97.0 Å². The lowest BCUT2D eigenvalue weighted by atomic mass is 9.89. The molecule has 0 aromatic heterocycles. The summed E-state index contributed by atoms with van der Waals surface area (Å²) in [6.45, 7) is 1.27. The highest BCUT2D eigenvalue weighted by atomic mass is 16.5. The predicted molar refractivity (Wildman–Crippen MR) is 114 cm³/mol. The van der Waals surface area contributed by atoms with Gasteiger partial charge in [0.15, 0.2) is 0 Å². The minimum atomic E-state index is -1.20. The first-order chi connectivity index (χ1) is 14.9. The minimum Gasteiger partial charge on any atom is -0.497 e. The summed E-state index contributed by atoms with van der Waals surface area (Å²) in [6.07, 6.45) is 3.10. The lowest BCUT2D eigenvalue weighted by molar-refractivity contribution is -0.133. The minimum absolute atomic E-state index is 0.402. The number of imide groups is 1. The molecule has 2 N–H and O–H groups in total. The maximum atomic E-state index is 13.2. The second kappa shape index (κ2) is 7.94. The Bertz CT molecular complexity index is 1070. The number of anilines is 1. The van der Waals surface area contributed by atoms with Crippen LogP contribution < -0.4 is 20.1 Å². The van der Waals surface area contributed by atoms with Crippen molar-refractivity contribution in [3.8, 4) is 11.5 Å². The molecular weight excluding hydrogens is 398 g/mol. The largest absolute Gasteiger partial charge is 0.497 e. The molecule has 1 atom stereocenters. The van der Waals surface area contributed by atoms with E-state index in [4.69, 9.17) is 9.47 Å². The lowest BCUT2D eigenvalue weighted by Crippen LogP contribution is -2.42. The summed E-state index contributed by atoms with van der Waals surface area (Å²) in [5, 5.41) is 5.45. The van der Waals surface area contributed by atoms with Crippen LogP contribution in [0.3, 0.4) is 0 Å². The van der Waals surface area contributed by atoms with E-state index in [1.807, 2.05) is 18.2 Å². The van der Waals surface area contributed by atoms with Gasteiger partial charge in [-0.2, -0.15) is 0 Å². The van der Waals surface area contributed by atoms with Gasteiger partial charge in [0.1, 0.15) is 23.6 Å². The zero-order chi connectivity index (χ0) is 22.2. The Hall–Kier alpha value is -3.55. The van der Waals surface area contributed by atoms with E-state index in [9.17, 15) is 14.4 Å². The van der Waals surface area contributed by atoms with Crippen LogP contribution in [0.4, 0.5) is 10.5 Å². The third-order valence-electron chi connectivity index (χ3n) is 5.94. The number of nitrogens with one attached hydrogen (secondary N) is 2. The second-order valence-electron chi connectivity index (χ2n) is 7.90. The maximum Gasteiger partial charge on any atom is 0.325 e. The van der Waals surface area contributed by atoms with E-state index < -0.39 is 29.9 Å². The number of carbonyl (C=O) groups excluding carboxylic acids is 3. The van der Waals surface area contributed by atoms with Gasteiger partial charge >= 0.3 is 6.03 Å². The maximum absolute atomic E-state index is 13.2. The van der Waals surface area contributed by atoms with Crippen LogP contribution in [0.15, 0.2) is 36.4 Å². The number of aryl methyl sites for hydroxylation is 2. The molecule has 1 saturated heterocycles. The molecule has 1 aliphatic heterocycles. The van der Waals surface area contributed by atoms with Gasteiger partial charge in [-0.25, -0.2) is 4.79 Å². The summed E-state index contributed by atoms with van der Waals surface area (Å²) in [7, 11) is 3.01. The fourth-order valence-corrected chi connectivity index (χ4v) is 4.15. The Morgan fingerprint density at radius 2 is 1.87 bits per heavy atom. The zero-order valence-corrected chi connectivity index (χ0v) is 17.8. The molecule has 8 nitrogen and oxygen atoms in total. The van der Waals surface area contributed by atoms with Gasteiger partial charge in [0, 0.05) is 6.07 Å². The Kier molecular flexibility index (Phi) is 5.31. The second-order valence-corrected chi connectivity index (χ2v) is 7.90. The van der Waals surface area contributed by atoms with Crippen molar-refractivity contribution in [3.63, 3.8) is 0 Å². The number of carbonyl (C=O) groups is 3. The summed E-state index contributed by atoms with van der Waals surface area (Å²) in [5.41, 5.74) is 2.44. The monoisotopic (exact) mass is 423 g/mol. The van der Waals surface area contributed by atoms with Crippen molar-refractivity contribution in [2.24, 2.45) is 0 Å². The molecule has 0 spiro atoms. The number of nitrogens with zero attached hydrogens (tertiary/aromatic N) is 1. The van der Waals surface area contributed by atoms with Crippen molar-refractivity contribution in [2.45, 2.75) is 31.7 Å². The molecular formula is C23H25N3O5. The van der Waals surface area contributed by atoms with E-state index in [0.29, 0.717) is 17.2 Å². The highest BCUT2D eigenvalue weighted by molar-refractivity contribution is 6.10. The van der Waals surface area contributed by atoms with E-state index in [1.54, 1.807) is 25.1 Å². The normalized spacial score (nSPS) is 19.8. The van der Waals surface area contributed by atoms with Gasteiger partial charge in [0.2, 0.25) is 5.91 Å². The highest BCUT2D eigenvalue weighted by Gasteiger charge is 2.49. The summed E-state index contributed by atoms with van der Waals surface area (Å²) in [6, 6.07) is 10.2. The number of fused-ring (bicyclic) bond motifs is 1. The zero-order valence-electron chi connectivity index (χ0n) is 17.8. The Morgan fingerprint density at radius 3 is 2.61 bits per heavy atom. The molecule has 0 bridgehead atoms. The number of benzene rings is 2. The van der Waals surface area contributed by atoms with Crippen LogP contribution in [-0.4, -0.2) is 43.5 Å². The molecule has 162 valence electrons. The van der Waals surface area contributed by atoms with E-state index in [-0.39, 0.29) is 0 Å². The van der Waals surface area contributed by atoms with Gasteiger partial charge in [-0.3, -0.25) is 14.5 Å². The molecule has 4 rings (SSSR count). The van der Waals surface area contributed by atoms with Crippen molar-refractivity contribution in [1.29, 1.82) is 0 Å². The van der Waals surface area contributed by atoms with Crippen molar-refractivity contribution in [2.75, 3.05) is 26.1 Å². The standard InChI is InChI=1S/C23H25N3O5/c1-23(16-8-7-14-5-4-6-15(14)11-16)21(28)26(22(29)25-23)13-20(27)24-18-10-9-17(30-2)12-19(18)31-3/h7-12H,4-6,13H2,1-3H3,(H,24,27)(H,25,29)/t23-/m0/s1. The van der Waals surface area contributed by atoms with Crippen LogP contribution in [-0.2, 0) is 28.0 Å². The molecule has 1 heterocycles.